The zero-order valence-corrected chi connectivity index (χ0v) is 12.6. The quantitative estimate of drug-likeness (QED) is 0.906. The number of carboxylic acids is 1. The molecule has 2 aromatic rings. The summed E-state index contributed by atoms with van der Waals surface area (Å²) in [5, 5.41) is 14.3. The van der Waals surface area contributed by atoms with Gasteiger partial charge in [-0.3, -0.25) is 4.79 Å². The molecule has 0 fully saturated rings. The van der Waals surface area contributed by atoms with Crippen LogP contribution in [0.15, 0.2) is 28.8 Å². The number of rotatable bonds is 2. The summed E-state index contributed by atoms with van der Waals surface area (Å²) < 4.78 is 5.48. The molecule has 21 heavy (non-hydrogen) atoms. The standard InChI is InChI=1S/C16H16ClNO3/c1-9-14-12(7-8-16(9,2)15(19)20)13(18-21-14)10-3-5-11(17)6-4-10/h3-6,9H,7-8H2,1-2H3,(H,19,20)/t9-,16-/m0/s1. The van der Waals surface area contributed by atoms with Gasteiger partial charge < -0.3 is 9.63 Å². The molecule has 1 N–H and O–H groups in total. The van der Waals surface area contributed by atoms with E-state index in [1.807, 2.05) is 31.2 Å². The van der Waals surface area contributed by atoms with Gasteiger partial charge in [0, 0.05) is 22.1 Å². The monoisotopic (exact) mass is 305 g/mol. The Labute approximate surface area is 127 Å². The van der Waals surface area contributed by atoms with Crippen molar-refractivity contribution in [3.05, 3.63) is 40.6 Å². The average Bonchev–Trinajstić information content (AvgIpc) is 2.88. The minimum atomic E-state index is -0.802. The Hall–Kier alpha value is -1.81. The first-order chi connectivity index (χ1) is 9.93. The van der Waals surface area contributed by atoms with Gasteiger partial charge in [-0.15, -0.1) is 0 Å². The van der Waals surface area contributed by atoms with Gasteiger partial charge in [-0.05, 0) is 31.9 Å². The van der Waals surface area contributed by atoms with E-state index in [9.17, 15) is 9.90 Å². The van der Waals surface area contributed by atoms with Crippen molar-refractivity contribution in [2.75, 3.05) is 0 Å². The average molecular weight is 306 g/mol. The number of halogens is 1. The van der Waals surface area contributed by atoms with E-state index in [0.717, 1.165) is 16.8 Å². The van der Waals surface area contributed by atoms with Gasteiger partial charge in [-0.25, -0.2) is 0 Å². The molecule has 4 nitrogen and oxygen atoms in total. The summed E-state index contributed by atoms with van der Waals surface area (Å²) in [6.45, 7) is 3.66. The molecule has 2 atom stereocenters. The van der Waals surface area contributed by atoms with E-state index in [2.05, 4.69) is 5.16 Å². The molecule has 1 heterocycles. The Morgan fingerprint density at radius 1 is 1.43 bits per heavy atom. The molecule has 0 saturated heterocycles. The van der Waals surface area contributed by atoms with Crippen molar-refractivity contribution in [1.29, 1.82) is 0 Å². The molecule has 0 radical (unpaired) electrons. The lowest BCUT2D eigenvalue weighted by molar-refractivity contribution is -0.150. The summed E-state index contributed by atoms with van der Waals surface area (Å²) in [6, 6.07) is 7.42. The maximum atomic E-state index is 11.5. The lowest BCUT2D eigenvalue weighted by Crippen LogP contribution is -2.36. The van der Waals surface area contributed by atoms with Crippen LogP contribution in [-0.2, 0) is 11.2 Å². The molecule has 0 saturated carbocycles. The molecule has 0 spiro atoms. The molecule has 0 aliphatic heterocycles. The van der Waals surface area contributed by atoms with Crippen LogP contribution in [0.5, 0.6) is 0 Å². The minimum Gasteiger partial charge on any atom is -0.481 e. The molecule has 110 valence electrons. The highest BCUT2D eigenvalue weighted by molar-refractivity contribution is 6.30. The topological polar surface area (TPSA) is 63.3 Å². The Morgan fingerprint density at radius 2 is 2.10 bits per heavy atom. The lowest BCUT2D eigenvalue weighted by atomic mass is 9.68. The fourth-order valence-corrected chi connectivity index (χ4v) is 3.05. The molecule has 0 amide bonds. The first kappa shape index (κ1) is 14.1. The molecule has 1 aromatic heterocycles. The normalized spacial score (nSPS) is 24.6. The molecule has 3 rings (SSSR count). The van der Waals surface area contributed by atoms with Gasteiger partial charge in [-0.1, -0.05) is 35.8 Å². The van der Waals surface area contributed by atoms with Gasteiger partial charge in [0.1, 0.15) is 11.5 Å². The summed E-state index contributed by atoms with van der Waals surface area (Å²) in [5.74, 6) is -0.298. The molecule has 5 heteroatoms. The first-order valence-electron chi connectivity index (χ1n) is 6.91. The third kappa shape index (κ3) is 2.14. The van der Waals surface area contributed by atoms with Crippen LogP contribution in [-0.4, -0.2) is 16.2 Å². The maximum absolute atomic E-state index is 11.5. The van der Waals surface area contributed by atoms with Gasteiger partial charge in [-0.2, -0.15) is 0 Å². The first-order valence-corrected chi connectivity index (χ1v) is 7.29. The molecular weight excluding hydrogens is 290 g/mol. The lowest BCUT2D eigenvalue weighted by Gasteiger charge is -2.34. The van der Waals surface area contributed by atoms with Gasteiger partial charge in [0.2, 0.25) is 0 Å². The highest BCUT2D eigenvalue weighted by atomic mass is 35.5. The van der Waals surface area contributed by atoms with Crippen molar-refractivity contribution in [2.24, 2.45) is 5.41 Å². The number of aliphatic carboxylic acids is 1. The number of nitrogens with zero attached hydrogens (tertiary/aromatic N) is 1. The SMILES string of the molecule is C[C@H]1c2onc(-c3ccc(Cl)cc3)c2CC[C@]1(C)C(=O)O. The summed E-state index contributed by atoms with van der Waals surface area (Å²) in [4.78, 5) is 11.5. The van der Waals surface area contributed by atoms with E-state index in [0.29, 0.717) is 23.6 Å². The van der Waals surface area contributed by atoms with Crippen molar-refractivity contribution in [3.8, 4) is 11.3 Å². The number of carbonyl (C=O) groups is 1. The Balaban J connectivity index is 2.04. The predicted molar refractivity (Wildman–Crippen MR) is 79.4 cm³/mol. The molecule has 0 bridgehead atoms. The zero-order valence-electron chi connectivity index (χ0n) is 11.9. The highest BCUT2D eigenvalue weighted by Crippen LogP contribution is 2.47. The number of hydrogen-bond donors (Lipinski definition) is 1. The van der Waals surface area contributed by atoms with E-state index in [4.69, 9.17) is 16.1 Å². The molecular formula is C16H16ClNO3. The van der Waals surface area contributed by atoms with Crippen molar-refractivity contribution < 1.29 is 14.4 Å². The van der Waals surface area contributed by atoms with Crippen LogP contribution in [0.3, 0.4) is 0 Å². The predicted octanol–water partition coefficient (Wildman–Crippen LogP) is 4.14. The summed E-state index contributed by atoms with van der Waals surface area (Å²) in [6.07, 6.45) is 1.24. The van der Waals surface area contributed by atoms with E-state index >= 15 is 0 Å². The van der Waals surface area contributed by atoms with E-state index in [1.165, 1.54) is 0 Å². The molecule has 1 aromatic carbocycles. The Morgan fingerprint density at radius 3 is 2.71 bits per heavy atom. The van der Waals surface area contributed by atoms with Gasteiger partial charge in [0.05, 0.1) is 5.41 Å². The summed E-state index contributed by atoms with van der Waals surface area (Å²) >= 11 is 5.90. The largest absolute Gasteiger partial charge is 0.481 e. The second-order valence-corrected chi connectivity index (χ2v) is 6.26. The third-order valence-electron chi connectivity index (χ3n) is 4.67. The Bertz CT molecular complexity index is 692. The van der Waals surface area contributed by atoms with Crippen molar-refractivity contribution in [3.63, 3.8) is 0 Å². The van der Waals surface area contributed by atoms with E-state index < -0.39 is 11.4 Å². The number of benzene rings is 1. The fraction of sp³-hybridized carbons (Fsp3) is 0.375. The van der Waals surface area contributed by atoms with Crippen LogP contribution in [0, 0.1) is 5.41 Å². The van der Waals surface area contributed by atoms with Crippen LogP contribution >= 0.6 is 11.6 Å². The number of hydrogen-bond acceptors (Lipinski definition) is 3. The smallest absolute Gasteiger partial charge is 0.310 e. The fourth-order valence-electron chi connectivity index (χ4n) is 2.92. The van der Waals surface area contributed by atoms with E-state index in [-0.39, 0.29) is 5.92 Å². The van der Waals surface area contributed by atoms with Gasteiger partial charge >= 0.3 is 5.97 Å². The van der Waals surface area contributed by atoms with Crippen LogP contribution in [0.25, 0.3) is 11.3 Å². The van der Waals surface area contributed by atoms with Crippen molar-refractivity contribution in [2.45, 2.75) is 32.6 Å². The van der Waals surface area contributed by atoms with Crippen molar-refractivity contribution in [1.82, 2.24) is 5.16 Å². The number of carboxylic acid groups (broad SMARTS) is 1. The second kappa shape index (κ2) is 4.88. The summed E-state index contributed by atoms with van der Waals surface area (Å²) in [5.41, 5.74) is 1.95. The molecule has 1 aliphatic carbocycles. The van der Waals surface area contributed by atoms with Crippen LogP contribution < -0.4 is 0 Å². The number of aromatic nitrogens is 1. The zero-order chi connectivity index (χ0) is 15.2. The minimum absolute atomic E-state index is 0.202. The highest BCUT2D eigenvalue weighted by Gasteiger charge is 2.46. The number of fused-ring (bicyclic) bond motifs is 1. The van der Waals surface area contributed by atoms with Crippen molar-refractivity contribution >= 4 is 17.6 Å². The molecule has 0 unspecified atom stereocenters. The van der Waals surface area contributed by atoms with Gasteiger partial charge in [0.15, 0.2) is 0 Å². The maximum Gasteiger partial charge on any atom is 0.310 e. The summed E-state index contributed by atoms with van der Waals surface area (Å²) in [7, 11) is 0. The van der Waals surface area contributed by atoms with Gasteiger partial charge in [0.25, 0.3) is 0 Å². The second-order valence-electron chi connectivity index (χ2n) is 5.83. The molecule has 1 aliphatic rings. The van der Waals surface area contributed by atoms with Crippen LogP contribution in [0.4, 0.5) is 0 Å². The van der Waals surface area contributed by atoms with Crippen LogP contribution in [0.2, 0.25) is 5.02 Å². The third-order valence-corrected chi connectivity index (χ3v) is 4.92. The Kier molecular flexibility index (Phi) is 3.29. The van der Waals surface area contributed by atoms with E-state index in [1.54, 1.807) is 6.92 Å². The van der Waals surface area contributed by atoms with Crippen LogP contribution in [0.1, 0.15) is 37.5 Å².